The zero-order chi connectivity index (χ0) is 25.4. The maximum atomic E-state index is 8.58. The highest BCUT2D eigenvalue weighted by molar-refractivity contribution is 4.52. The number of rotatable bonds is 9. The second kappa shape index (κ2) is 46.8. The zero-order valence-corrected chi connectivity index (χ0v) is 21.7. The summed E-state index contributed by atoms with van der Waals surface area (Å²) in [5.41, 5.74) is 0. The number of hydrogen-bond donors (Lipinski definition) is 5. The molecular formula is C22H56O8. The van der Waals surface area contributed by atoms with Crippen molar-refractivity contribution < 1.29 is 39.7 Å². The van der Waals surface area contributed by atoms with Crippen LogP contribution in [0.4, 0.5) is 0 Å². The minimum absolute atomic E-state index is 0.00926. The number of methoxy groups -OCH3 is 3. The third kappa shape index (κ3) is 91.4. The Morgan fingerprint density at radius 3 is 1.17 bits per heavy atom. The zero-order valence-electron chi connectivity index (χ0n) is 21.7. The van der Waals surface area contributed by atoms with Crippen LogP contribution in [0.15, 0.2) is 0 Å². The Morgan fingerprint density at radius 1 is 0.733 bits per heavy atom. The first-order valence-electron chi connectivity index (χ1n) is 10.5. The summed E-state index contributed by atoms with van der Waals surface area (Å²) < 4.78 is 13.9. The van der Waals surface area contributed by atoms with Crippen molar-refractivity contribution in [1.82, 2.24) is 0 Å². The average Bonchev–Trinajstić information content (AvgIpc) is 2.75. The molecule has 192 valence electrons. The summed E-state index contributed by atoms with van der Waals surface area (Å²) >= 11 is 0. The maximum absolute atomic E-state index is 8.58. The molecule has 0 spiro atoms. The van der Waals surface area contributed by atoms with Gasteiger partial charge in [0.2, 0.25) is 0 Å². The fourth-order valence-electron chi connectivity index (χ4n) is 1.16. The van der Waals surface area contributed by atoms with Crippen LogP contribution in [-0.2, 0) is 14.2 Å². The van der Waals surface area contributed by atoms with Gasteiger partial charge in [-0.25, -0.2) is 0 Å². The minimum Gasteiger partial charge on any atom is -0.400 e. The molecule has 0 aliphatic heterocycles. The van der Waals surface area contributed by atoms with E-state index < -0.39 is 6.10 Å². The van der Waals surface area contributed by atoms with Crippen LogP contribution in [0.5, 0.6) is 0 Å². The molecule has 0 amide bonds. The average molecular weight is 449 g/mol. The van der Waals surface area contributed by atoms with E-state index in [1.165, 1.54) is 6.92 Å². The second-order valence-corrected chi connectivity index (χ2v) is 6.75. The molecule has 0 heterocycles. The predicted octanol–water partition coefficient (Wildman–Crippen LogP) is 2.34. The van der Waals surface area contributed by atoms with E-state index in [1.807, 2.05) is 6.92 Å². The van der Waals surface area contributed by atoms with Gasteiger partial charge in [0.15, 0.2) is 0 Å². The Hall–Kier alpha value is -0.320. The summed E-state index contributed by atoms with van der Waals surface area (Å²) in [5, 5.41) is 39.8. The molecule has 5 N–H and O–H groups in total. The molecular weight excluding hydrogens is 392 g/mol. The van der Waals surface area contributed by atoms with Crippen LogP contribution >= 0.6 is 0 Å². The lowest BCUT2D eigenvalue weighted by Crippen LogP contribution is -2.08. The van der Waals surface area contributed by atoms with Crippen LogP contribution in [0, 0.1) is 11.8 Å². The van der Waals surface area contributed by atoms with E-state index in [1.54, 1.807) is 28.3 Å². The van der Waals surface area contributed by atoms with E-state index in [9.17, 15) is 0 Å². The molecule has 0 fully saturated rings. The van der Waals surface area contributed by atoms with Gasteiger partial charge in [0, 0.05) is 48.3 Å². The van der Waals surface area contributed by atoms with E-state index in [0.717, 1.165) is 39.1 Å². The molecule has 3 unspecified atom stereocenters. The van der Waals surface area contributed by atoms with Crippen LogP contribution in [0.1, 0.15) is 61.3 Å². The van der Waals surface area contributed by atoms with Crippen LogP contribution < -0.4 is 0 Å². The summed E-state index contributed by atoms with van der Waals surface area (Å²) in [5.74, 6) is 1.20. The second-order valence-electron chi connectivity index (χ2n) is 6.75. The van der Waals surface area contributed by atoms with Crippen LogP contribution in [0.25, 0.3) is 0 Å². The molecule has 0 aromatic rings. The highest BCUT2D eigenvalue weighted by Gasteiger charge is 2.01. The van der Waals surface area contributed by atoms with Gasteiger partial charge in [-0.1, -0.05) is 27.7 Å². The minimum atomic E-state index is -0.560. The topological polar surface area (TPSA) is 129 Å². The third-order valence-corrected chi connectivity index (χ3v) is 2.81. The molecule has 0 aromatic heterocycles. The molecule has 8 nitrogen and oxygen atoms in total. The predicted molar refractivity (Wildman–Crippen MR) is 126 cm³/mol. The lowest BCUT2D eigenvalue weighted by molar-refractivity contribution is 0.0623. The summed E-state index contributed by atoms with van der Waals surface area (Å²) in [7, 11) is 5.96. The summed E-state index contributed by atoms with van der Waals surface area (Å²) in [6, 6.07) is 0. The molecule has 0 saturated heterocycles. The Balaban J connectivity index is -0.0000000599. The van der Waals surface area contributed by atoms with Gasteiger partial charge in [-0.05, 0) is 45.4 Å². The highest BCUT2D eigenvalue weighted by atomic mass is 16.5. The normalized spacial score (nSPS) is 11.9. The smallest absolute Gasteiger partial charge is 0.0773 e. The van der Waals surface area contributed by atoms with Crippen molar-refractivity contribution in [2.75, 3.05) is 61.5 Å². The van der Waals surface area contributed by atoms with Gasteiger partial charge in [-0.3, -0.25) is 0 Å². The number of aliphatic hydroxyl groups is 5. The first kappa shape index (κ1) is 43.5. The molecule has 0 bridgehead atoms. The van der Waals surface area contributed by atoms with Crippen molar-refractivity contribution in [2.45, 2.75) is 73.5 Å². The summed E-state index contributed by atoms with van der Waals surface area (Å²) in [4.78, 5) is 0. The fraction of sp³-hybridized carbons (Fsp3) is 1.00. The highest BCUT2D eigenvalue weighted by Crippen LogP contribution is 2.08. The van der Waals surface area contributed by atoms with Gasteiger partial charge < -0.3 is 39.7 Å². The van der Waals surface area contributed by atoms with Gasteiger partial charge in [-0.2, -0.15) is 0 Å². The largest absolute Gasteiger partial charge is 0.400 e. The van der Waals surface area contributed by atoms with Crippen molar-refractivity contribution >= 4 is 0 Å². The van der Waals surface area contributed by atoms with Crippen molar-refractivity contribution in [3.63, 3.8) is 0 Å². The number of hydrogen-bond acceptors (Lipinski definition) is 8. The first-order valence-corrected chi connectivity index (χ1v) is 10.5. The van der Waals surface area contributed by atoms with Gasteiger partial charge in [0.1, 0.15) is 0 Å². The molecule has 8 heteroatoms. The lowest BCUT2D eigenvalue weighted by atomic mass is 10.0. The van der Waals surface area contributed by atoms with Crippen molar-refractivity contribution in [2.24, 2.45) is 11.8 Å². The Kier molecular flexibility index (Phi) is 67.8. The van der Waals surface area contributed by atoms with Crippen molar-refractivity contribution in [3.8, 4) is 0 Å². The van der Waals surface area contributed by atoms with Crippen LogP contribution in [0.3, 0.4) is 0 Å². The molecule has 0 saturated carbocycles. The Labute approximate surface area is 187 Å². The van der Waals surface area contributed by atoms with E-state index in [4.69, 9.17) is 30.3 Å². The quantitative estimate of drug-likeness (QED) is 0.363. The fourth-order valence-corrected chi connectivity index (χ4v) is 1.16. The Morgan fingerprint density at radius 2 is 1.13 bits per heavy atom. The van der Waals surface area contributed by atoms with E-state index in [2.05, 4.69) is 37.2 Å². The van der Waals surface area contributed by atoms with Gasteiger partial charge >= 0.3 is 0 Å². The van der Waals surface area contributed by atoms with E-state index in [0.29, 0.717) is 12.5 Å². The lowest BCUT2D eigenvalue weighted by Gasteiger charge is -2.08. The van der Waals surface area contributed by atoms with Crippen LogP contribution in [-0.4, -0.2) is 99.2 Å². The molecule has 30 heavy (non-hydrogen) atoms. The standard InChI is InChI=1S/C7H16O.C4H10O2.C4H10O.C3H8O2.C3H8O.CH4O/c1-6(2)4-7(3)5-8;1-4(3-5)6-2;1-3-4-5-2;1-3(5)2-4;1-3-4-2;1-2/h6-8H,4-5H2,1-3H3;4-5H,3H2,1-2H3;3-4H2,1-2H3;3-5H,2H2,1H3;3H2,1-2H3;2H,1H3. The monoisotopic (exact) mass is 448 g/mol. The molecule has 0 aliphatic carbocycles. The molecule has 0 aliphatic rings. The van der Waals surface area contributed by atoms with E-state index in [-0.39, 0.29) is 19.3 Å². The SMILES string of the molecule is CC(C)CC(C)CO.CC(O)CO.CCCOC.CCOC.CO.COC(C)CO. The van der Waals surface area contributed by atoms with Crippen molar-refractivity contribution in [3.05, 3.63) is 0 Å². The van der Waals surface area contributed by atoms with Gasteiger partial charge in [0.25, 0.3) is 0 Å². The molecule has 0 rings (SSSR count). The number of ether oxygens (including phenoxy) is 3. The Bertz CT molecular complexity index is 209. The number of aliphatic hydroxyl groups excluding tert-OH is 5. The first-order chi connectivity index (χ1) is 14.1. The van der Waals surface area contributed by atoms with Crippen LogP contribution in [0.2, 0.25) is 0 Å². The van der Waals surface area contributed by atoms with Gasteiger partial charge in [0.05, 0.1) is 25.4 Å². The summed E-state index contributed by atoms with van der Waals surface area (Å²) in [6.07, 6.45) is 1.69. The molecule has 0 radical (unpaired) electrons. The summed E-state index contributed by atoms with van der Waals surface area (Å²) in [6.45, 7) is 15.8. The van der Waals surface area contributed by atoms with Gasteiger partial charge in [-0.15, -0.1) is 0 Å². The third-order valence-electron chi connectivity index (χ3n) is 2.81. The molecule has 0 aromatic carbocycles. The van der Waals surface area contributed by atoms with E-state index >= 15 is 0 Å². The molecule has 3 atom stereocenters. The maximum Gasteiger partial charge on any atom is 0.0773 e. The van der Waals surface area contributed by atoms with Crippen molar-refractivity contribution in [1.29, 1.82) is 0 Å².